The molecular formula is C17H22ClN3. The number of halogens is 1. The molecule has 1 heterocycles. The van der Waals surface area contributed by atoms with Gasteiger partial charge in [0.05, 0.1) is 0 Å². The zero-order valence-corrected chi connectivity index (χ0v) is 13.6. The summed E-state index contributed by atoms with van der Waals surface area (Å²) in [6, 6.07) is 10.6. The first-order chi connectivity index (χ1) is 10.1. The third kappa shape index (κ3) is 4.19. The molecule has 0 spiro atoms. The van der Waals surface area contributed by atoms with Crippen molar-refractivity contribution >= 4 is 17.3 Å². The average molecular weight is 304 g/mol. The van der Waals surface area contributed by atoms with Crippen LogP contribution in [0.15, 0.2) is 42.7 Å². The molecule has 0 radical (unpaired) electrons. The molecule has 0 bridgehead atoms. The predicted octanol–water partition coefficient (Wildman–Crippen LogP) is 3.69. The Hall–Kier alpha value is -1.58. The van der Waals surface area contributed by atoms with Gasteiger partial charge in [-0.2, -0.15) is 0 Å². The van der Waals surface area contributed by atoms with E-state index in [1.54, 1.807) is 0 Å². The van der Waals surface area contributed by atoms with E-state index in [-0.39, 0.29) is 6.04 Å². The monoisotopic (exact) mass is 303 g/mol. The SMILES string of the molecule is CNC(C)c1ccc(N(C)CCc2ccncc2)cc1Cl. The Morgan fingerprint density at radius 1 is 1.24 bits per heavy atom. The fourth-order valence-corrected chi connectivity index (χ4v) is 2.57. The molecule has 1 atom stereocenters. The first-order valence-electron chi connectivity index (χ1n) is 7.18. The lowest BCUT2D eigenvalue weighted by Gasteiger charge is -2.21. The van der Waals surface area contributed by atoms with Crippen molar-refractivity contribution in [3.05, 3.63) is 58.9 Å². The van der Waals surface area contributed by atoms with Crippen LogP contribution in [-0.4, -0.2) is 25.6 Å². The van der Waals surface area contributed by atoms with Crippen molar-refractivity contribution in [1.82, 2.24) is 10.3 Å². The topological polar surface area (TPSA) is 28.2 Å². The second-order valence-electron chi connectivity index (χ2n) is 5.24. The molecule has 2 aromatic rings. The van der Waals surface area contributed by atoms with Crippen LogP contribution in [0.3, 0.4) is 0 Å². The van der Waals surface area contributed by atoms with Crippen LogP contribution in [0, 0.1) is 0 Å². The van der Waals surface area contributed by atoms with Gasteiger partial charge >= 0.3 is 0 Å². The molecule has 0 fully saturated rings. The van der Waals surface area contributed by atoms with Crippen LogP contribution in [0.25, 0.3) is 0 Å². The normalized spacial score (nSPS) is 12.2. The van der Waals surface area contributed by atoms with Crippen LogP contribution < -0.4 is 10.2 Å². The van der Waals surface area contributed by atoms with Gasteiger partial charge in [0.1, 0.15) is 0 Å². The summed E-state index contributed by atoms with van der Waals surface area (Å²) in [5.74, 6) is 0. The maximum Gasteiger partial charge on any atom is 0.0474 e. The molecule has 1 aromatic heterocycles. The van der Waals surface area contributed by atoms with Gasteiger partial charge in [0.2, 0.25) is 0 Å². The van der Waals surface area contributed by atoms with Gasteiger partial charge in [-0.3, -0.25) is 4.98 Å². The summed E-state index contributed by atoms with van der Waals surface area (Å²) >= 11 is 6.39. The third-order valence-corrected chi connectivity index (χ3v) is 4.14. The Bertz CT molecular complexity index is 572. The van der Waals surface area contributed by atoms with E-state index in [1.807, 2.05) is 25.5 Å². The second kappa shape index (κ2) is 7.43. The fourth-order valence-electron chi connectivity index (χ4n) is 2.24. The highest BCUT2D eigenvalue weighted by molar-refractivity contribution is 6.31. The fraction of sp³-hybridized carbons (Fsp3) is 0.353. The van der Waals surface area contributed by atoms with Crippen LogP contribution in [-0.2, 0) is 6.42 Å². The molecular weight excluding hydrogens is 282 g/mol. The van der Waals surface area contributed by atoms with Gasteiger partial charge < -0.3 is 10.2 Å². The lowest BCUT2D eigenvalue weighted by molar-refractivity contribution is 0.652. The zero-order valence-electron chi connectivity index (χ0n) is 12.8. The van der Waals surface area contributed by atoms with E-state index in [9.17, 15) is 0 Å². The molecule has 0 saturated heterocycles. The van der Waals surface area contributed by atoms with Gasteiger partial charge in [0.15, 0.2) is 0 Å². The number of nitrogens with zero attached hydrogens (tertiary/aromatic N) is 2. The van der Waals surface area contributed by atoms with Crippen molar-refractivity contribution < 1.29 is 0 Å². The molecule has 1 aromatic carbocycles. The first kappa shape index (κ1) is 15.8. The highest BCUT2D eigenvalue weighted by Crippen LogP contribution is 2.27. The number of benzene rings is 1. The highest BCUT2D eigenvalue weighted by atomic mass is 35.5. The summed E-state index contributed by atoms with van der Waals surface area (Å²) in [7, 11) is 4.03. The Labute approximate surface area is 132 Å². The van der Waals surface area contributed by atoms with E-state index in [1.165, 1.54) is 5.56 Å². The van der Waals surface area contributed by atoms with E-state index in [0.29, 0.717) is 0 Å². The molecule has 0 saturated carbocycles. The minimum atomic E-state index is 0.258. The van der Waals surface area contributed by atoms with Crippen LogP contribution in [0.4, 0.5) is 5.69 Å². The summed E-state index contributed by atoms with van der Waals surface area (Å²) in [6.45, 7) is 3.05. The van der Waals surface area contributed by atoms with Crippen LogP contribution in [0.5, 0.6) is 0 Å². The minimum Gasteiger partial charge on any atom is -0.374 e. The quantitative estimate of drug-likeness (QED) is 0.882. The van der Waals surface area contributed by atoms with E-state index < -0.39 is 0 Å². The van der Waals surface area contributed by atoms with Gasteiger partial charge in [-0.1, -0.05) is 17.7 Å². The largest absolute Gasteiger partial charge is 0.374 e. The standard InChI is InChI=1S/C17H22ClN3/c1-13(19-2)16-5-4-15(12-17(16)18)21(3)11-8-14-6-9-20-10-7-14/h4-7,9-10,12-13,19H,8,11H2,1-3H3. The molecule has 1 unspecified atom stereocenters. The number of likely N-dealkylation sites (N-methyl/N-ethyl adjacent to an activating group) is 1. The van der Waals surface area contributed by atoms with Crippen molar-refractivity contribution in [3.8, 4) is 0 Å². The summed E-state index contributed by atoms with van der Waals surface area (Å²) in [5, 5.41) is 4.02. The predicted molar refractivity (Wildman–Crippen MR) is 90.1 cm³/mol. The Morgan fingerprint density at radius 2 is 1.95 bits per heavy atom. The first-order valence-corrected chi connectivity index (χ1v) is 7.56. The van der Waals surface area contributed by atoms with E-state index >= 15 is 0 Å². The van der Waals surface area contributed by atoms with Gasteiger partial charge in [-0.15, -0.1) is 0 Å². The zero-order chi connectivity index (χ0) is 15.2. The molecule has 4 heteroatoms. The van der Waals surface area contributed by atoms with Crippen molar-refractivity contribution in [2.75, 3.05) is 25.5 Å². The van der Waals surface area contributed by atoms with Gasteiger partial charge in [-0.25, -0.2) is 0 Å². The number of nitrogens with one attached hydrogen (secondary N) is 1. The lowest BCUT2D eigenvalue weighted by atomic mass is 10.1. The number of pyridine rings is 1. The number of hydrogen-bond donors (Lipinski definition) is 1. The van der Waals surface area contributed by atoms with Crippen molar-refractivity contribution in [3.63, 3.8) is 0 Å². The maximum atomic E-state index is 6.39. The van der Waals surface area contributed by atoms with Crippen LogP contribution in [0.1, 0.15) is 24.1 Å². The molecule has 0 amide bonds. The van der Waals surface area contributed by atoms with E-state index in [2.05, 4.69) is 53.4 Å². The summed E-state index contributed by atoms with van der Waals surface area (Å²) in [6.07, 6.45) is 4.66. The Balaban J connectivity index is 2.02. The molecule has 2 rings (SSSR count). The number of hydrogen-bond acceptors (Lipinski definition) is 3. The number of anilines is 1. The van der Waals surface area contributed by atoms with Gasteiger partial charge in [0, 0.05) is 42.7 Å². The van der Waals surface area contributed by atoms with Crippen molar-refractivity contribution in [2.45, 2.75) is 19.4 Å². The van der Waals surface area contributed by atoms with E-state index in [4.69, 9.17) is 11.6 Å². The van der Waals surface area contributed by atoms with Crippen molar-refractivity contribution in [2.24, 2.45) is 0 Å². The maximum absolute atomic E-state index is 6.39. The summed E-state index contributed by atoms with van der Waals surface area (Å²) in [5.41, 5.74) is 3.56. The molecule has 0 aliphatic rings. The van der Waals surface area contributed by atoms with Gasteiger partial charge in [0.25, 0.3) is 0 Å². The molecule has 1 N–H and O–H groups in total. The van der Waals surface area contributed by atoms with Crippen LogP contribution in [0.2, 0.25) is 5.02 Å². The molecule has 21 heavy (non-hydrogen) atoms. The molecule has 112 valence electrons. The molecule has 3 nitrogen and oxygen atoms in total. The number of aromatic nitrogens is 1. The van der Waals surface area contributed by atoms with Crippen molar-refractivity contribution in [1.29, 1.82) is 0 Å². The Morgan fingerprint density at radius 3 is 2.57 bits per heavy atom. The van der Waals surface area contributed by atoms with Crippen LogP contribution >= 0.6 is 11.6 Å². The minimum absolute atomic E-state index is 0.258. The highest BCUT2D eigenvalue weighted by Gasteiger charge is 2.10. The second-order valence-corrected chi connectivity index (χ2v) is 5.65. The smallest absolute Gasteiger partial charge is 0.0474 e. The molecule has 0 aliphatic carbocycles. The van der Waals surface area contributed by atoms with Gasteiger partial charge in [-0.05, 0) is 55.8 Å². The molecule has 0 aliphatic heterocycles. The third-order valence-electron chi connectivity index (χ3n) is 3.81. The van der Waals surface area contributed by atoms with E-state index in [0.717, 1.165) is 29.2 Å². The number of rotatable bonds is 6. The average Bonchev–Trinajstić information content (AvgIpc) is 2.52. The Kier molecular flexibility index (Phi) is 5.59. The summed E-state index contributed by atoms with van der Waals surface area (Å²) in [4.78, 5) is 6.26. The lowest BCUT2D eigenvalue weighted by Crippen LogP contribution is -2.20. The summed E-state index contributed by atoms with van der Waals surface area (Å²) < 4.78 is 0.